The number of hydrogen-bond donors (Lipinski definition) is 3. The number of hydrogen-bond acceptors (Lipinski definition) is 4. The molecular weight excluding hydrogens is 556 g/mol. The minimum Gasteiger partial charge on any atom is -0.384 e. The maximum atomic E-state index is 13.6. The second kappa shape index (κ2) is 18.1. The van der Waals surface area contributed by atoms with Crippen LogP contribution in [0.25, 0.3) is 11.0 Å². The number of benzene rings is 3. The molecule has 5 N–H and O–H groups in total. The van der Waals surface area contributed by atoms with Gasteiger partial charge in [-0.05, 0) is 55.0 Å². The lowest BCUT2D eigenvalue weighted by Gasteiger charge is -2.22. The fourth-order valence-corrected chi connectivity index (χ4v) is 6.04. The quantitative estimate of drug-likeness (QED) is 0.0556. The summed E-state index contributed by atoms with van der Waals surface area (Å²) in [5, 5.41) is 7.67. The molecule has 0 saturated carbocycles. The number of carbonyl (C=O) groups excluding carboxylic acids is 1. The zero-order valence-corrected chi connectivity index (χ0v) is 27.1. The van der Waals surface area contributed by atoms with E-state index in [9.17, 15) is 4.79 Å². The molecule has 0 fully saturated rings. The summed E-state index contributed by atoms with van der Waals surface area (Å²) in [7, 11) is 0. The van der Waals surface area contributed by atoms with Crippen LogP contribution in [0.2, 0.25) is 0 Å². The summed E-state index contributed by atoms with van der Waals surface area (Å²) in [4.78, 5) is 20.6. The van der Waals surface area contributed by atoms with Crippen molar-refractivity contribution >= 4 is 22.8 Å². The molecule has 7 nitrogen and oxygen atoms in total. The van der Waals surface area contributed by atoms with Crippen molar-refractivity contribution in [1.29, 1.82) is 5.41 Å². The molecule has 0 unspecified atom stereocenters. The topological polar surface area (TPSA) is 114 Å². The first kappa shape index (κ1) is 33.9. The van der Waals surface area contributed by atoms with Crippen molar-refractivity contribution < 1.29 is 4.79 Å². The van der Waals surface area contributed by atoms with E-state index in [0.717, 1.165) is 61.1 Å². The van der Waals surface area contributed by atoms with E-state index in [-0.39, 0.29) is 11.7 Å². The lowest BCUT2D eigenvalue weighted by molar-refractivity contribution is 0.0758. The van der Waals surface area contributed by atoms with Crippen LogP contribution in [0.4, 0.5) is 0 Å². The molecule has 0 aliphatic carbocycles. The van der Waals surface area contributed by atoms with Gasteiger partial charge in [0, 0.05) is 43.7 Å². The number of aryl methyl sites for hydroxylation is 4. The van der Waals surface area contributed by atoms with E-state index in [2.05, 4.69) is 41.8 Å². The Morgan fingerprint density at radius 1 is 0.778 bits per heavy atom. The van der Waals surface area contributed by atoms with E-state index in [4.69, 9.17) is 21.9 Å². The Bertz CT molecular complexity index is 1480. The highest BCUT2D eigenvalue weighted by Gasteiger charge is 2.18. The van der Waals surface area contributed by atoms with E-state index < -0.39 is 0 Å². The van der Waals surface area contributed by atoms with Crippen molar-refractivity contribution in [1.82, 2.24) is 14.5 Å². The Labute approximate surface area is 269 Å². The molecule has 4 aromatic rings. The van der Waals surface area contributed by atoms with Gasteiger partial charge < -0.3 is 20.9 Å². The molecule has 1 aromatic heterocycles. The number of imidazole rings is 1. The molecule has 1 heterocycles. The number of nitrogens with two attached hydrogens (primary N) is 2. The van der Waals surface area contributed by atoms with E-state index >= 15 is 0 Å². The molecule has 0 aliphatic heterocycles. The number of carbonyl (C=O) groups is 1. The number of rotatable bonds is 20. The van der Waals surface area contributed by atoms with Gasteiger partial charge >= 0.3 is 0 Å². The summed E-state index contributed by atoms with van der Waals surface area (Å²) in [6.07, 6.45) is 13.7. The van der Waals surface area contributed by atoms with Crippen LogP contribution in [-0.4, -0.2) is 45.8 Å². The molecule has 7 heteroatoms. The number of nitrogen functional groups attached to an aromatic ring is 1. The Balaban J connectivity index is 1.47. The summed E-state index contributed by atoms with van der Waals surface area (Å²) in [5.41, 5.74) is 17.4. The number of nitrogens with one attached hydrogen (secondary N) is 1. The predicted octanol–water partition coefficient (Wildman–Crippen LogP) is 7.28. The van der Waals surface area contributed by atoms with Crippen molar-refractivity contribution in [3.05, 3.63) is 101 Å². The monoisotopic (exact) mass is 608 g/mol. The standard InChI is InChI=1S/C38H52N6O/c1-2-3-4-5-6-7-8-12-27-44-35-23-22-33(38(45)43(28-25-39)26-13-16-30-14-10-9-11-15-30)29-34(35)42-36(44)24-19-31-17-20-32(21-18-31)37(40)41/h9-11,14-15,17-18,20-23,29H,2-8,12-13,16,19,24-28,39H2,1H3,(H3,40,41). The van der Waals surface area contributed by atoms with E-state index in [1.54, 1.807) is 0 Å². The van der Waals surface area contributed by atoms with E-state index in [1.807, 2.05) is 47.4 Å². The minimum absolute atomic E-state index is 0.0140. The fourth-order valence-electron chi connectivity index (χ4n) is 6.04. The van der Waals surface area contributed by atoms with Gasteiger partial charge in [0.25, 0.3) is 5.91 Å². The largest absolute Gasteiger partial charge is 0.384 e. The van der Waals surface area contributed by atoms with E-state index in [1.165, 1.54) is 56.1 Å². The van der Waals surface area contributed by atoms with Crippen LogP contribution in [-0.2, 0) is 25.8 Å². The number of nitrogens with zero attached hydrogens (tertiary/aromatic N) is 3. The highest BCUT2D eigenvalue weighted by molar-refractivity contribution is 5.97. The third-order valence-electron chi connectivity index (χ3n) is 8.63. The van der Waals surface area contributed by atoms with Crippen molar-refractivity contribution in [3.63, 3.8) is 0 Å². The molecule has 45 heavy (non-hydrogen) atoms. The Hall–Kier alpha value is -3.97. The molecule has 0 spiro atoms. The van der Waals surface area contributed by atoms with Gasteiger partial charge in [0.1, 0.15) is 11.7 Å². The highest BCUT2D eigenvalue weighted by Crippen LogP contribution is 2.22. The van der Waals surface area contributed by atoms with Crippen molar-refractivity contribution in [2.24, 2.45) is 11.5 Å². The summed E-state index contributed by atoms with van der Waals surface area (Å²) in [6.45, 7) is 4.83. The van der Waals surface area contributed by atoms with Gasteiger partial charge in [-0.2, -0.15) is 0 Å². The van der Waals surface area contributed by atoms with Gasteiger partial charge in [-0.25, -0.2) is 4.98 Å². The molecule has 0 saturated heterocycles. The van der Waals surface area contributed by atoms with Crippen molar-refractivity contribution in [2.75, 3.05) is 19.6 Å². The van der Waals surface area contributed by atoms with E-state index in [0.29, 0.717) is 25.2 Å². The lowest BCUT2D eigenvalue weighted by Crippen LogP contribution is -2.36. The zero-order chi connectivity index (χ0) is 31.9. The summed E-state index contributed by atoms with van der Waals surface area (Å²) >= 11 is 0. The van der Waals surface area contributed by atoms with Crippen LogP contribution in [0.15, 0.2) is 72.8 Å². The van der Waals surface area contributed by atoms with Crippen LogP contribution in [0.5, 0.6) is 0 Å². The first-order valence-electron chi connectivity index (χ1n) is 17.0. The van der Waals surface area contributed by atoms with Crippen LogP contribution in [0, 0.1) is 5.41 Å². The minimum atomic E-state index is 0.0140. The smallest absolute Gasteiger partial charge is 0.253 e. The molecular formula is C38H52N6O. The first-order chi connectivity index (χ1) is 22.0. The average molecular weight is 609 g/mol. The number of amidine groups is 1. The third kappa shape index (κ3) is 10.3. The summed E-state index contributed by atoms with van der Waals surface area (Å²) in [5.74, 6) is 1.15. The maximum absolute atomic E-state index is 13.6. The molecule has 240 valence electrons. The molecule has 1 amide bonds. The average Bonchev–Trinajstić information content (AvgIpc) is 3.41. The number of unbranched alkanes of at least 4 members (excludes halogenated alkanes) is 7. The molecule has 0 aliphatic rings. The maximum Gasteiger partial charge on any atom is 0.253 e. The van der Waals surface area contributed by atoms with Crippen molar-refractivity contribution in [3.8, 4) is 0 Å². The van der Waals surface area contributed by atoms with Crippen LogP contribution in [0.3, 0.4) is 0 Å². The van der Waals surface area contributed by atoms with Crippen LogP contribution < -0.4 is 11.5 Å². The molecule has 3 aromatic carbocycles. The van der Waals surface area contributed by atoms with Gasteiger partial charge in [0.2, 0.25) is 0 Å². The second-order valence-corrected chi connectivity index (χ2v) is 12.1. The molecule has 0 atom stereocenters. The Morgan fingerprint density at radius 2 is 1.44 bits per heavy atom. The number of amides is 1. The molecule has 0 bridgehead atoms. The van der Waals surface area contributed by atoms with Gasteiger partial charge in [0.05, 0.1) is 11.0 Å². The van der Waals surface area contributed by atoms with Crippen molar-refractivity contribution in [2.45, 2.75) is 90.5 Å². The van der Waals surface area contributed by atoms with Gasteiger partial charge in [-0.3, -0.25) is 10.2 Å². The third-order valence-corrected chi connectivity index (χ3v) is 8.63. The molecule has 4 rings (SSSR count). The SMILES string of the molecule is CCCCCCCCCCn1c(CCc2ccc(C(=N)N)cc2)nc2cc(C(=O)N(CCN)CCCc3ccccc3)ccc21. The van der Waals surface area contributed by atoms with Crippen LogP contribution in [0.1, 0.15) is 97.6 Å². The fraction of sp³-hybridized carbons (Fsp3) is 0.447. The Morgan fingerprint density at radius 3 is 2.13 bits per heavy atom. The number of fused-ring (bicyclic) bond motifs is 1. The number of aromatic nitrogens is 2. The zero-order valence-electron chi connectivity index (χ0n) is 27.1. The highest BCUT2D eigenvalue weighted by atomic mass is 16.2. The molecule has 0 radical (unpaired) electrons. The normalized spacial score (nSPS) is 11.2. The van der Waals surface area contributed by atoms with Gasteiger partial charge in [-0.15, -0.1) is 0 Å². The van der Waals surface area contributed by atoms with Gasteiger partial charge in [0.15, 0.2) is 0 Å². The lowest BCUT2D eigenvalue weighted by atomic mass is 10.1. The summed E-state index contributed by atoms with van der Waals surface area (Å²) < 4.78 is 2.36. The predicted molar refractivity (Wildman–Crippen MR) is 187 cm³/mol. The first-order valence-corrected chi connectivity index (χ1v) is 17.0. The second-order valence-electron chi connectivity index (χ2n) is 12.1. The van der Waals surface area contributed by atoms with Crippen LogP contribution >= 0.6 is 0 Å². The van der Waals surface area contributed by atoms with Gasteiger partial charge in [-0.1, -0.05) is 106 Å². The summed E-state index contributed by atoms with van der Waals surface area (Å²) in [6, 6.07) is 24.3. The Kier molecular flexibility index (Phi) is 13.6.